The SMILES string of the molecule is CCCOC1CCCN(Cc2cccnc2NCC)C1. The lowest BCUT2D eigenvalue weighted by Crippen LogP contribution is -2.39. The maximum absolute atomic E-state index is 5.90. The third-order valence-corrected chi connectivity index (χ3v) is 3.65. The smallest absolute Gasteiger partial charge is 0.130 e. The first-order valence-corrected chi connectivity index (χ1v) is 7.85. The molecule has 1 fully saturated rings. The Kier molecular flexibility index (Phi) is 6.27. The monoisotopic (exact) mass is 277 g/mol. The second kappa shape index (κ2) is 8.22. The third-order valence-electron chi connectivity index (χ3n) is 3.65. The summed E-state index contributed by atoms with van der Waals surface area (Å²) in [5.74, 6) is 1.02. The van der Waals surface area contributed by atoms with Gasteiger partial charge < -0.3 is 10.1 Å². The van der Waals surface area contributed by atoms with Crippen LogP contribution in [0.4, 0.5) is 5.82 Å². The number of rotatable bonds is 7. The number of piperidine rings is 1. The summed E-state index contributed by atoms with van der Waals surface area (Å²) in [5, 5.41) is 3.34. The summed E-state index contributed by atoms with van der Waals surface area (Å²) in [6, 6.07) is 4.19. The summed E-state index contributed by atoms with van der Waals surface area (Å²) in [5.41, 5.74) is 1.28. The average molecular weight is 277 g/mol. The van der Waals surface area contributed by atoms with Crippen LogP contribution in [0.25, 0.3) is 0 Å². The van der Waals surface area contributed by atoms with E-state index in [2.05, 4.69) is 35.1 Å². The maximum atomic E-state index is 5.90. The summed E-state index contributed by atoms with van der Waals surface area (Å²) in [7, 11) is 0. The molecule has 0 amide bonds. The van der Waals surface area contributed by atoms with Gasteiger partial charge in [0.05, 0.1) is 6.10 Å². The fourth-order valence-corrected chi connectivity index (χ4v) is 2.71. The van der Waals surface area contributed by atoms with Gasteiger partial charge in [0, 0.05) is 38.0 Å². The van der Waals surface area contributed by atoms with E-state index in [4.69, 9.17) is 4.74 Å². The molecule has 1 aromatic heterocycles. The molecule has 112 valence electrons. The van der Waals surface area contributed by atoms with Gasteiger partial charge in [-0.25, -0.2) is 4.98 Å². The van der Waals surface area contributed by atoms with Crippen LogP contribution in [0.15, 0.2) is 18.3 Å². The predicted octanol–water partition coefficient (Wildman–Crippen LogP) is 2.90. The van der Waals surface area contributed by atoms with Crippen molar-refractivity contribution in [2.45, 2.75) is 45.8 Å². The van der Waals surface area contributed by atoms with Gasteiger partial charge in [0.1, 0.15) is 5.82 Å². The summed E-state index contributed by atoms with van der Waals surface area (Å²) in [6.45, 7) is 9.22. The molecule has 4 heteroatoms. The van der Waals surface area contributed by atoms with E-state index in [-0.39, 0.29) is 0 Å². The van der Waals surface area contributed by atoms with Crippen molar-refractivity contribution in [3.63, 3.8) is 0 Å². The number of likely N-dealkylation sites (tertiary alicyclic amines) is 1. The first-order chi connectivity index (χ1) is 9.83. The van der Waals surface area contributed by atoms with Gasteiger partial charge in [0.2, 0.25) is 0 Å². The Bertz CT molecular complexity index is 397. The second-order valence-corrected chi connectivity index (χ2v) is 5.41. The Labute approximate surface area is 122 Å². The molecule has 0 aromatic carbocycles. The Hall–Kier alpha value is -1.13. The average Bonchev–Trinajstić information content (AvgIpc) is 2.48. The normalized spacial score (nSPS) is 20.0. The highest BCUT2D eigenvalue weighted by Crippen LogP contribution is 2.19. The summed E-state index contributed by atoms with van der Waals surface area (Å²) < 4.78 is 5.90. The minimum Gasteiger partial charge on any atom is -0.377 e. The van der Waals surface area contributed by atoms with Gasteiger partial charge in [-0.2, -0.15) is 0 Å². The third kappa shape index (κ3) is 4.46. The van der Waals surface area contributed by atoms with Crippen molar-refractivity contribution in [2.24, 2.45) is 0 Å². The van der Waals surface area contributed by atoms with Crippen LogP contribution in [-0.4, -0.2) is 42.2 Å². The van der Waals surface area contributed by atoms with E-state index in [0.29, 0.717) is 6.10 Å². The fourth-order valence-electron chi connectivity index (χ4n) is 2.71. The summed E-state index contributed by atoms with van der Waals surface area (Å²) in [4.78, 5) is 6.92. The molecule has 0 saturated carbocycles. The highest BCUT2D eigenvalue weighted by atomic mass is 16.5. The molecule has 20 heavy (non-hydrogen) atoms. The molecule has 1 aliphatic rings. The molecule has 1 N–H and O–H groups in total. The minimum atomic E-state index is 0.406. The van der Waals surface area contributed by atoms with Crippen LogP contribution in [0.2, 0.25) is 0 Å². The molecule has 1 atom stereocenters. The molecular formula is C16H27N3O. The standard InChI is InChI=1S/C16H27N3O/c1-3-11-20-15-8-6-10-19(13-15)12-14-7-5-9-18-16(14)17-4-2/h5,7,9,15H,3-4,6,8,10-13H2,1-2H3,(H,17,18). The van der Waals surface area contributed by atoms with Gasteiger partial charge >= 0.3 is 0 Å². The molecule has 0 bridgehead atoms. The minimum absolute atomic E-state index is 0.406. The van der Waals surface area contributed by atoms with E-state index in [1.54, 1.807) is 0 Å². The first-order valence-electron chi connectivity index (χ1n) is 7.85. The number of hydrogen-bond acceptors (Lipinski definition) is 4. The molecule has 0 radical (unpaired) electrons. The number of anilines is 1. The van der Waals surface area contributed by atoms with Crippen LogP contribution >= 0.6 is 0 Å². The van der Waals surface area contributed by atoms with Gasteiger partial charge in [-0.1, -0.05) is 13.0 Å². The first kappa shape index (κ1) is 15.3. The zero-order chi connectivity index (χ0) is 14.2. The highest BCUT2D eigenvalue weighted by Gasteiger charge is 2.21. The van der Waals surface area contributed by atoms with Gasteiger partial charge in [-0.3, -0.25) is 4.90 Å². The topological polar surface area (TPSA) is 37.4 Å². The van der Waals surface area contributed by atoms with Crippen LogP contribution in [0.3, 0.4) is 0 Å². The van der Waals surface area contributed by atoms with Crippen molar-refractivity contribution in [3.05, 3.63) is 23.9 Å². The number of ether oxygens (including phenoxy) is 1. The molecule has 1 saturated heterocycles. The van der Waals surface area contributed by atoms with E-state index >= 15 is 0 Å². The number of hydrogen-bond donors (Lipinski definition) is 1. The van der Waals surface area contributed by atoms with Gasteiger partial charge in [-0.05, 0) is 38.8 Å². The van der Waals surface area contributed by atoms with Crippen LogP contribution < -0.4 is 5.32 Å². The number of pyridine rings is 1. The zero-order valence-electron chi connectivity index (χ0n) is 12.8. The van der Waals surface area contributed by atoms with Crippen molar-refractivity contribution in [2.75, 3.05) is 31.6 Å². The van der Waals surface area contributed by atoms with Crippen molar-refractivity contribution in [3.8, 4) is 0 Å². The van der Waals surface area contributed by atoms with Gasteiger partial charge in [-0.15, -0.1) is 0 Å². The molecule has 2 rings (SSSR count). The Morgan fingerprint density at radius 2 is 2.35 bits per heavy atom. The Morgan fingerprint density at radius 1 is 1.45 bits per heavy atom. The second-order valence-electron chi connectivity index (χ2n) is 5.41. The van der Waals surface area contributed by atoms with Gasteiger partial charge in [0.15, 0.2) is 0 Å². The Morgan fingerprint density at radius 3 is 3.15 bits per heavy atom. The lowest BCUT2D eigenvalue weighted by molar-refractivity contribution is -0.00220. The van der Waals surface area contributed by atoms with E-state index < -0.39 is 0 Å². The van der Waals surface area contributed by atoms with Crippen LogP contribution in [0, 0.1) is 0 Å². The number of nitrogens with one attached hydrogen (secondary N) is 1. The summed E-state index contributed by atoms with van der Waals surface area (Å²) >= 11 is 0. The lowest BCUT2D eigenvalue weighted by Gasteiger charge is -2.32. The van der Waals surface area contributed by atoms with Crippen LogP contribution in [0.1, 0.15) is 38.7 Å². The van der Waals surface area contributed by atoms with Crippen molar-refractivity contribution in [1.29, 1.82) is 0 Å². The Balaban J connectivity index is 1.92. The fraction of sp³-hybridized carbons (Fsp3) is 0.688. The predicted molar refractivity (Wildman–Crippen MR) is 82.9 cm³/mol. The van der Waals surface area contributed by atoms with Crippen molar-refractivity contribution in [1.82, 2.24) is 9.88 Å². The summed E-state index contributed by atoms with van der Waals surface area (Å²) in [6.07, 6.45) is 5.78. The molecule has 1 unspecified atom stereocenters. The maximum Gasteiger partial charge on any atom is 0.130 e. The van der Waals surface area contributed by atoms with E-state index in [9.17, 15) is 0 Å². The van der Waals surface area contributed by atoms with E-state index in [0.717, 1.165) is 45.0 Å². The molecular weight excluding hydrogens is 250 g/mol. The molecule has 2 heterocycles. The molecule has 4 nitrogen and oxygen atoms in total. The van der Waals surface area contributed by atoms with E-state index in [1.807, 2.05) is 12.3 Å². The number of nitrogens with zero attached hydrogens (tertiary/aromatic N) is 2. The zero-order valence-corrected chi connectivity index (χ0v) is 12.8. The van der Waals surface area contributed by atoms with Crippen LogP contribution in [0.5, 0.6) is 0 Å². The van der Waals surface area contributed by atoms with Crippen LogP contribution in [-0.2, 0) is 11.3 Å². The molecule has 0 spiro atoms. The van der Waals surface area contributed by atoms with Crippen molar-refractivity contribution < 1.29 is 4.74 Å². The molecule has 1 aromatic rings. The largest absolute Gasteiger partial charge is 0.377 e. The highest BCUT2D eigenvalue weighted by molar-refractivity contribution is 5.43. The van der Waals surface area contributed by atoms with E-state index in [1.165, 1.54) is 18.4 Å². The lowest BCUT2D eigenvalue weighted by atomic mass is 10.1. The molecule has 1 aliphatic heterocycles. The number of aromatic nitrogens is 1. The van der Waals surface area contributed by atoms with Gasteiger partial charge in [0.25, 0.3) is 0 Å². The van der Waals surface area contributed by atoms with Crippen molar-refractivity contribution >= 4 is 5.82 Å². The quantitative estimate of drug-likeness (QED) is 0.831. The molecule has 0 aliphatic carbocycles.